The fraction of sp³-hybridized carbons (Fsp3) is 1.00. The van der Waals surface area contributed by atoms with Crippen LogP contribution in [0, 0.1) is 40.9 Å². The minimum atomic E-state index is 0.861. The van der Waals surface area contributed by atoms with Crippen LogP contribution >= 0.6 is 0 Å². The molecule has 0 aromatic heterocycles. The van der Waals surface area contributed by atoms with Crippen molar-refractivity contribution in [2.75, 3.05) is 0 Å². The predicted octanol–water partition coefficient (Wildman–Crippen LogP) is 2.15. The van der Waals surface area contributed by atoms with Crippen LogP contribution in [-0.4, -0.2) is 0 Å². The molecule has 0 N–H and O–H groups in total. The summed E-state index contributed by atoms with van der Waals surface area (Å²) < 4.78 is 0. The third kappa shape index (κ3) is 0.222. The lowest BCUT2D eigenvalue weighted by Gasteiger charge is -2.45. The molecule has 4 fully saturated rings. The molecule has 0 heterocycles. The quantitative estimate of drug-likeness (QED) is 0.476. The standard InChI is InChI=1S/C10H14/c1-4-7-8-5-3-6(5)10(4,2)9(7)8/h4-9H,3H2,1-2H3. The van der Waals surface area contributed by atoms with E-state index in [1.54, 1.807) is 6.42 Å². The molecule has 0 spiro atoms. The van der Waals surface area contributed by atoms with Crippen molar-refractivity contribution in [1.82, 2.24) is 0 Å². The van der Waals surface area contributed by atoms with Crippen molar-refractivity contribution in [2.24, 2.45) is 40.9 Å². The average Bonchev–Trinajstić information content (AvgIpc) is 2.77. The molecule has 0 aromatic carbocycles. The molecule has 0 saturated heterocycles. The second kappa shape index (κ2) is 0.922. The van der Waals surface area contributed by atoms with E-state index in [-0.39, 0.29) is 0 Å². The molecule has 0 aliphatic heterocycles. The summed E-state index contributed by atoms with van der Waals surface area (Å²) in [7, 11) is 0. The van der Waals surface area contributed by atoms with E-state index in [0.29, 0.717) is 0 Å². The van der Waals surface area contributed by atoms with Gasteiger partial charge >= 0.3 is 0 Å². The second-order valence-electron chi connectivity index (χ2n) is 5.34. The maximum absolute atomic E-state index is 2.57. The predicted molar refractivity (Wildman–Crippen MR) is 39.3 cm³/mol. The summed E-state index contributed by atoms with van der Waals surface area (Å²) in [6.07, 6.45) is 1.61. The molecule has 4 rings (SSSR count). The van der Waals surface area contributed by atoms with Crippen molar-refractivity contribution >= 4 is 0 Å². The largest absolute Gasteiger partial charge is 0.0617 e. The molecule has 0 amide bonds. The summed E-state index contributed by atoms with van der Waals surface area (Å²) in [5.41, 5.74) is 0.861. The van der Waals surface area contributed by atoms with Crippen LogP contribution in [0.25, 0.3) is 0 Å². The van der Waals surface area contributed by atoms with Gasteiger partial charge in [-0.3, -0.25) is 0 Å². The van der Waals surface area contributed by atoms with Gasteiger partial charge in [0.05, 0.1) is 0 Å². The lowest BCUT2D eigenvalue weighted by atomic mass is 9.59. The Hall–Kier alpha value is 0. The summed E-state index contributed by atoms with van der Waals surface area (Å²) in [5, 5.41) is 0. The van der Waals surface area contributed by atoms with Gasteiger partial charge in [0.25, 0.3) is 0 Å². The summed E-state index contributed by atoms with van der Waals surface area (Å²) in [4.78, 5) is 0. The van der Waals surface area contributed by atoms with Gasteiger partial charge in [-0.25, -0.2) is 0 Å². The van der Waals surface area contributed by atoms with Crippen molar-refractivity contribution in [1.29, 1.82) is 0 Å². The van der Waals surface area contributed by atoms with Gasteiger partial charge in [0.2, 0.25) is 0 Å². The average molecular weight is 134 g/mol. The molecule has 0 nitrogen and oxygen atoms in total. The minimum absolute atomic E-state index is 0.861. The fourth-order valence-corrected chi connectivity index (χ4v) is 4.92. The van der Waals surface area contributed by atoms with Crippen LogP contribution in [0.1, 0.15) is 20.3 Å². The van der Waals surface area contributed by atoms with Gasteiger partial charge in [-0.15, -0.1) is 0 Å². The molecule has 10 heavy (non-hydrogen) atoms. The zero-order chi connectivity index (χ0) is 6.67. The van der Waals surface area contributed by atoms with Gasteiger partial charge in [0, 0.05) is 0 Å². The Labute approximate surface area is 62.0 Å². The van der Waals surface area contributed by atoms with Gasteiger partial charge < -0.3 is 0 Å². The zero-order valence-electron chi connectivity index (χ0n) is 6.67. The normalized spacial score (nSPS) is 87.0. The van der Waals surface area contributed by atoms with Crippen LogP contribution in [0.15, 0.2) is 0 Å². The first-order valence-electron chi connectivity index (χ1n) is 4.76. The Morgan fingerprint density at radius 3 is 2.60 bits per heavy atom. The fourth-order valence-electron chi connectivity index (χ4n) is 4.92. The summed E-state index contributed by atoms with van der Waals surface area (Å²) >= 11 is 0. The first-order chi connectivity index (χ1) is 4.76. The molecule has 0 bridgehead atoms. The maximum Gasteiger partial charge on any atom is -0.0232 e. The number of hydrogen-bond donors (Lipinski definition) is 0. The smallest absolute Gasteiger partial charge is 0.0232 e. The molecule has 7 atom stereocenters. The molecule has 7 unspecified atom stereocenters. The van der Waals surface area contributed by atoms with E-state index in [0.717, 1.165) is 11.3 Å². The number of fused-ring (bicyclic) bond motifs is 4. The van der Waals surface area contributed by atoms with Gasteiger partial charge in [0.15, 0.2) is 0 Å². The van der Waals surface area contributed by atoms with E-state index >= 15 is 0 Å². The highest BCUT2D eigenvalue weighted by atomic mass is 14.9. The highest BCUT2D eigenvalue weighted by molar-refractivity contribution is 5.34. The van der Waals surface area contributed by atoms with Crippen molar-refractivity contribution in [2.45, 2.75) is 20.3 Å². The van der Waals surface area contributed by atoms with Gasteiger partial charge in [-0.2, -0.15) is 0 Å². The van der Waals surface area contributed by atoms with Crippen LogP contribution in [-0.2, 0) is 0 Å². The van der Waals surface area contributed by atoms with Crippen LogP contribution in [0.3, 0.4) is 0 Å². The van der Waals surface area contributed by atoms with E-state index in [1.807, 2.05) is 0 Å². The molecule has 4 saturated carbocycles. The van der Waals surface area contributed by atoms with Crippen molar-refractivity contribution in [3.8, 4) is 0 Å². The highest BCUT2D eigenvalue weighted by Gasteiger charge is 2.87. The summed E-state index contributed by atoms with van der Waals surface area (Å²) in [6.45, 7) is 5.06. The monoisotopic (exact) mass is 134 g/mol. The number of rotatable bonds is 0. The Balaban J connectivity index is 1.93. The van der Waals surface area contributed by atoms with Gasteiger partial charge in [0.1, 0.15) is 0 Å². The molecule has 0 heteroatoms. The van der Waals surface area contributed by atoms with E-state index < -0.39 is 0 Å². The highest BCUT2D eigenvalue weighted by Crippen LogP contribution is 2.91. The van der Waals surface area contributed by atoms with Crippen molar-refractivity contribution < 1.29 is 0 Å². The topological polar surface area (TPSA) is 0 Å². The van der Waals surface area contributed by atoms with Crippen LogP contribution in [0.4, 0.5) is 0 Å². The first-order valence-corrected chi connectivity index (χ1v) is 4.76. The van der Waals surface area contributed by atoms with Crippen LogP contribution in [0.2, 0.25) is 0 Å². The molecular formula is C10H14. The Bertz CT molecular complexity index is 212. The van der Waals surface area contributed by atoms with Crippen molar-refractivity contribution in [3.05, 3.63) is 0 Å². The summed E-state index contributed by atoms with van der Waals surface area (Å²) in [6, 6.07) is 0. The third-order valence-electron chi connectivity index (χ3n) is 5.54. The molecule has 54 valence electrons. The van der Waals surface area contributed by atoms with Crippen molar-refractivity contribution in [3.63, 3.8) is 0 Å². The Morgan fingerprint density at radius 1 is 1.30 bits per heavy atom. The van der Waals surface area contributed by atoms with Crippen LogP contribution in [0.5, 0.6) is 0 Å². The molecule has 0 radical (unpaired) electrons. The molecule has 4 aliphatic rings. The SMILES string of the molecule is CC1C2C3C4CC4C1(C)C32. The lowest BCUT2D eigenvalue weighted by Crippen LogP contribution is -2.41. The minimum Gasteiger partial charge on any atom is -0.0617 e. The van der Waals surface area contributed by atoms with E-state index in [2.05, 4.69) is 13.8 Å². The van der Waals surface area contributed by atoms with E-state index in [1.165, 1.54) is 29.6 Å². The first kappa shape index (κ1) is 4.79. The zero-order valence-corrected chi connectivity index (χ0v) is 6.67. The van der Waals surface area contributed by atoms with Crippen LogP contribution < -0.4 is 0 Å². The number of hydrogen-bond acceptors (Lipinski definition) is 0. The third-order valence-corrected chi connectivity index (χ3v) is 5.54. The van der Waals surface area contributed by atoms with E-state index in [4.69, 9.17) is 0 Å². The molecule has 0 aromatic rings. The maximum atomic E-state index is 2.57. The Morgan fingerprint density at radius 2 is 2.10 bits per heavy atom. The van der Waals surface area contributed by atoms with E-state index in [9.17, 15) is 0 Å². The molecular weight excluding hydrogens is 120 g/mol. The van der Waals surface area contributed by atoms with Gasteiger partial charge in [-0.1, -0.05) is 13.8 Å². The summed E-state index contributed by atoms with van der Waals surface area (Å²) in [5.74, 6) is 7.22. The lowest BCUT2D eigenvalue weighted by molar-refractivity contribution is 0.0183. The second-order valence-corrected chi connectivity index (χ2v) is 5.34. The molecule has 4 aliphatic carbocycles. The van der Waals surface area contributed by atoms with Gasteiger partial charge in [-0.05, 0) is 47.3 Å². The Kier molecular flexibility index (Phi) is 0.442.